The largest absolute Gasteiger partial charge is 0.489 e. The molecule has 0 radical (unpaired) electrons. The predicted molar refractivity (Wildman–Crippen MR) is 72.3 cm³/mol. The first-order valence-corrected chi connectivity index (χ1v) is 6.35. The van der Waals surface area contributed by atoms with Gasteiger partial charge in [-0.25, -0.2) is 0 Å². The number of carbonyl (C=O) groups excluding carboxylic acids is 2. The van der Waals surface area contributed by atoms with Gasteiger partial charge in [0.05, 0.1) is 11.5 Å². The average molecular weight is 264 g/mol. The maximum atomic E-state index is 11.4. The Bertz CT molecular complexity index is 451. The SMILES string of the molecule is CC(=O)c1ccccc1OCC(C)OC(=O)C(C)C. The normalized spacial score (nSPS) is 12.1. The first-order chi connectivity index (χ1) is 8.91. The molecule has 4 heteroatoms. The molecule has 0 aromatic heterocycles. The van der Waals surface area contributed by atoms with Gasteiger partial charge in [0.2, 0.25) is 0 Å². The van der Waals surface area contributed by atoms with E-state index in [9.17, 15) is 9.59 Å². The van der Waals surface area contributed by atoms with Crippen molar-refractivity contribution in [3.8, 4) is 5.75 Å². The van der Waals surface area contributed by atoms with Gasteiger partial charge in [-0.1, -0.05) is 26.0 Å². The monoisotopic (exact) mass is 264 g/mol. The highest BCUT2D eigenvalue weighted by atomic mass is 16.6. The zero-order valence-corrected chi connectivity index (χ0v) is 11.8. The van der Waals surface area contributed by atoms with Crippen LogP contribution in [-0.2, 0) is 9.53 Å². The highest BCUT2D eigenvalue weighted by molar-refractivity contribution is 5.96. The molecule has 19 heavy (non-hydrogen) atoms. The number of rotatable bonds is 6. The molecule has 1 unspecified atom stereocenters. The third-order valence-electron chi connectivity index (χ3n) is 2.53. The van der Waals surface area contributed by atoms with Gasteiger partial charge in [0, 0.05) is 0 Å². The Morgan fingerprint density at radius 2 is 1.79 bits per heavy atom. The third kappa shape index (κ3) is 4.73. The molecule has 4 nitrogen and oxygen atoms in total. The molecule has 1 aromatic carbocycles. The molecular weight excluding hydrogens is 244 g/mol. The second kappa shape index (κ2) is 6.92. The van der Waals surface area contributed by atoms with E-state index < -0.39 is 0 Å². The number of esters is 1. The van der Waals surface area contributed by atoms with Crippen molar-refractivity contribution in [1.29, 1.82) is 0 Å². The topological polar surface area (TPSA) is 52.6 Å². The Balaban J connectivity index is 2.57. The van der Waals surface area contributed by atoms with E-state index in [0.29, 0.717) is 11.3 Å². The van der Waals surface area contributed by atoms with Gasteiger partial charge in [0.15, 0.2) is 5.78 Å². The molecule has 1 atom stereocenters. The van der Waals surface area contributed by atoms with Crippen molar-refractivity contribution in [1.82, 2.24) is 0 Å². The molecule has 0 saturated heterocycles. The molecule has 0 amide bonds. The fourth-order valence-corrected chi connectivity index (χ4v) is 1.46. The van der Waals surface area contributed by atoms with Crippen molar-refractivity contribution >= 4 is 11.8 Å². The van der Waals surface area contributed by atoms with E-state index in [1.54, 1.807) is 45.0 Å². The lowest BCUT2D eigenvalue weighted by atomic mass is 10.1. The summed E-state index contributed by atoms with van der Waals surface area (Å²) in [5.41, 5.74) is 0.532. The van der Waals surface area contributed by atoms with E-state index in [0.717, 1.165) is 0 Å². The minimum atomic E-state index is -0.352. The van der Waals surface area contributed by atoms with Crippen molar-refractivity contribution in [2.24, 2.45) is 5.92 Å². The van der Waals surface area contributed by atoms with Crippen LogP contribution in [0.4, 0.5) is 0 Å². The van der Waals surface area contributed by atoms with Gasteiger partial charge in [0.1, 0.15) is 18.5 Å². The summed E-state index contributed by atoms with van der Waals surface area (Å²) < 4.78 is 10.7. The molecule has 0 fully saturated rings. The van der Waals surface area contributed by atoms with Gasteiger partial charge in [0.25, 0.3) is 0 Å². The first kappa shape index (κ1) is 15.2. The molecular formula is C15H20O4. The van der Waals surface area contributed by atoms with E-state index in [1.807, 2.05) is 0 Å². The second-order valence-electron chi connectivity index (χ2n) is 4.77. The lowest BCUT2D eigenvalue weighted by Crippen LogP contribution is -2.24. The van der Waals surface area contributed by atoms with E-state index >= 15 is 0 Å². The lowest BCUT2D eigenvalue weighted by molar-refractivity contribution is -0.153. The van der Waals surface area contributed by atoms with Gasteiger partial charge < -0.3 is 9.47 Å². The molecule has 0 saturated carbocycles. The number of ketones is 1. The molecule has 0 heterocycles. The van der Waals surface area contributed by atoms with E-state index in [-0.39, 0.29) is 30.4 Å². The van der Waals surface area contributed by atoms with Crippen molar-refractivity contribution < 1.29 is 19.1 Å². The minimum absolute atomic E-state index is 0.0533. The summed E-state index contributed by atoms with van der Waals surface area (Å²) in [6.07, 6.45) is -0.352. The third-order valence-corrected chi connectivity index (χ3v) is 2.53. The molecule has 1 aromatic rings. The molecule has 1 rings (SSSR count). The standard InChI is InChI=1S/C15H20O4/c1-10(2)15(17)19-11(3)9-18-14-8-6-5-7-13(14)12(4)16/h5-8,10-11H,9H2,1-4H3. The predicted octanol–water partition coefficient (Wildman–Crippen LogP) is 2.86. The quantitative estimate of drug-likeness (QED) is 0.585. The maximum absolute atomic E-state index is 11.4. The number of carbonyl (C=O) groups is 2. The molecule has 0 aliphatic heterocycles. The van der Waals surface area contributed by atoms with Crippen LogP contribution >= 0.6 is 0 Å². The summed E-state index contributed by atoms with van der Waals surface area (Å²) >= 11 is 0. The van der Waals surface area contributed by atoms with Crippen molar-refractivity contribution in [3.05, 3.63) is 29.8 Å². The highest BCUT2D eigenvalue weighted by Crippen LogP contribution is 2.18. The summed E-state index contributed by atoms with van der Waals surface area (Å²) in [6, 6.07) is 7.02. The Morgan fingerprint density at radius 1 is 1.16 bits per heavy atom. The highest BCUT2D eigenvalue weighted by Gasteiger charge is 2.14. The van der Waals surface area contributed by atoms with Crippen LogP contribution < -0.4 is 4.74 Å². The van der Waals surface area contributed by atoms with Crippen LogP contribution in [0, 0.1) is 5.92 Å². The van der Waals surface area contributed by atoms with Gasteiger partial charge in [-0.3, -0.25) is 9.59 Å². The van der Waals surface area contributed by atoms with Crippen molar-refractivity contribution in [3.63, 3.8) is 0 Å². The van der Waals surface area contributed by atoms with Gasteiger partial charge in [-0.2, -0.15) is 0 Å². The minimum Gasteiger partial charge on any atom is -0.489 e. The molecule has 104 valence electrons. The summed E-state index contributed by atoms with van der Waals surface area (Å²) in [5.74, 6) is 0.0489. The summed E-state index contributed by atoms with van der Waals surface area (Å²) in [5, 5.41) is 0. The van der Waals surface area contributed by atoms with Crippen LogP contribution in [-0.4, -0.2) is 24.5 Å². The van der Waals surface area contributed by atoms with Gasteiger partial charge >= 0.3 is 5.97 Å². The number of para-hydroxylation sites is 1. The van der Waals surface area contributed by atoms with Crippen molar-refractivity contribution in [2.75, 3.05) is 6.61 Å². The molecule has 0 aliphatic carbocycles. The van der Waals surface area contributed by atoms with Crippen LogP contribution in [0.2, 0.25) is 0 Å². The Kier molecular flexibility index (Phi) is 5.55. The first-order valence-electron chi connectivity index (χ1n) is 6.35. The number of ether oxygens (including phenoxy) is 2. The maximum Gasteiger partial charge on any atom is 0.308 e. The number of Topliss-reactive ketones (excluding diaryl/α,β-unsaturated/α-hetero) is 1. The van der Waals surface area contributed by atoms with Crippen LogP contribution in [0.15, 0.2) is 24.3 Å². The second-order valence-corrected chi connectivity index (χ2v) is 4.77. The fourth-order valence-electron chi connectivity index (χ4n) is 1.46. The fraction of sp³-hybridized carbons (Fsp3) is 0.467. The summed E-state index contributed by atoms with van der Waals surface area (Å²) in [7, 11) is 0. The summed E-state index contributed by atoms with van der Waals surface area (Å²) in [6.45, 7) is 7.03. The average Bonchev–Trinajstić information content (AvgIpc) is 2.36. The van der Waals surface area contributed by atoms with Gasteiger partial charge in [-0.05, 0) is 26.0 Å². The zero-order chi connectivity index (χ0) is 14.4. The van der Waals surface area contributed by atoms with Crippen LogP contribution in [0.3, 0.4) is 0 Å². The molecule has 0 bridgehead atoms. The van der Waals surface area contributed by atoms with Crippen LogP contribution in [0.1, 0.15) is 38.1 Å². The summed E-state index contributed by atoms with van der Waals surface area (Å²) in [4.78, 5) is 22.8. The van der Waals surface area contributed by atoms with Crippen molar-refractivity contribution in [2.45, 2.75) is 33.8 Å². The van der Waals surface area contributed by atoms with Crippen LogP contribution in [0.5, 0.6) is 5.75 Å². The Labute approximate surface area is 113 Å². The van der Waals surface area contributed by atoms with E-state index in [2.05, 4.69) is 0 Å². The molecule has 0 spiro atoms. The Hall–Kier alpha value is -1.84. The van der Waals surface area contributed by atoms with E-state index in [1.165, 1.54) is 6.92 Å². The lowest BCUT2D eigenvalue weighted by Gasteiger charge is -2.16. The zero-order valence-electron chi connectivity index (χ0n) is 11.8. The number of hydrogen-bond acceptors (Lipinski definition) is 4. The number of hydrogen-bond donors (Lipinski definition) is 0. The smallest absolute Gasteiger partial charge is 0.308 e. The van der Waals surface area contributed by atoms with E-state index in [4.69, 9.17) is 9.47 Å². The van der Waals surface area contributed by atoms with Crippen LogP contribution in [0.25, 0.3) is 0 Å². The molecule has 0 N–H and O–H groups in total. The van der Waals surface area contributed by atoms with Gasteiger partial charge in [-0.15, -0.1) is 0 Å². The Morgan fingerprint density at radius 3 is 2.37 bits per heavy atom. The number of benzene rings is 1. The molecule has 0 aliphatic rings.